The lowest BCUT2D eigenvalue weighted by Crippen LogP contribution is -2.29. The number of hydrogen-bond acceptors (Lipinski definition) is 5. The second-order valence-corrected chi connectivity index (χ2v) is 7.54. The Morgan fingerprint density at radius 2 is 2.17 bits per heavy atom. The van der Waals surface area contributed by atoms with E-state index in [9.17, 15) is 4.79 Å². The van der Waals surface area contributed by atoms with Crippen molar-refractivity contribution in [2.75, 3.05) is 20.2 Å². The van der Waals surface area contributed by atoms with Crippen LogP contribution in [-0.4, -0.2) is 45.5 Å². The highest BCUT2D eigenvalue weighted by molar-refractivity contribution is 5.96. The quantitative estimate of drug-likeness (QED) is 0.514. The Labute approximate surface area is 173 Å². The number of hydrogen-bond donors (Lipinski definition) is 0. The van der Waals surface area contributed by atoms with Gasteiger partial charge in [0.05, 0.1) is 25.0 Å². The minimum atomic E-state index is 0.0416. The predicted octanol–water partition coefficient (Wildman–Crippen LogP) is 4.10. The summed E-state index contributed by atoms with van der Waals surface area (Å²) in [5.74, 6) is 1.61. The lowest BCUT2D eigenvalue weighted by molar-refractivity contribution is 0.0787. The summed E-state index contributed by atoms with van der Waals surface area (Å²) in [4.78, 5) is 24.5. The molecule has 1 fully saturated rings. The molecule has 1 saturated heterocycles. The number of rotatable bonds is 4. The van der Waals surface area contributed by atoms with Crippen LogP contribution >= 0.6 is 0 Å². The van der Waals surface area contributed by atoms with Crippen LogP contribution in [0.15, 0.2) is 59.5 Å². The van der Waals surface area contributed by atoms with Gasteiger partial charge in [-0.2, -0.15) is 0 Å². The first kappa shape index (κ1) is 18.4. The zero-order valence-electron chi connectivity index (χ0n) is 16.9. The van der Waals surface area contributed by atoms with Crippen LogP contribution in [0.5, 0.6) is 5.75 Å². The summed E-state index contributed by atoms with van der Waals surface area (Å²) < 4.78 is 12.7. The molecule has 0 N–H and O–H groups in total. The monoisotopic (exact) mass is 402 g/mol. The van der Waals surface area contributed by atoms with E-state index in [1.807, 2.05) is 48.2 Å². The number of aromatic nitrogens is 3. The topological polar surface area (TPSA) is 73.4 Å². The second-order valence-electron chi connectivity index (χ2n) is 7.54. The van der Waals surface area contributed by atoms with Gasteiger partial charge < -0.3 is 18.6 Å². The molecular weight excluding hydrogens is 380 g/mol. The van der Waals surface area contributed by atoms with E-state index in [1.54, 1.807) is 25.8 Å². The van der Waals surface area contributed by atoms with Crippen molar-refractivity contribution in [1.82, 2.24) is 19.4 Å². The number of likely N-dealkylation sites (tertiary alicyclic amines) is 1. The molecule has 1 amide bonds. The highest BCUT2D eigenvalue weighted by atomic mass is 16.5. The maximum atomic E-state index is 13.2. The number of fused-ring (bicyclic) bond motifs is 1. The fraction of sp³-hybridized carbons (Fsp3) is 0.261. The number of pyridine rings is 1. The third-order valence-electron chi connectivity index (χ3n) is 5.71. The first-order valence-corrected chi connectivity index (χ1v) is 9.95. The van der Waals surface area contributed by atoms with Gasteiger partial charge in [0.2, 0.25) is 0 Å². The highest BCUT2D eigenvalue weighted by Crippen LogP contribution is 2.33. The van der Waals surface area contributed by atoms with Crippen LogP contribution in [0.25, 0.3) is 22.6 Å². The highest BCUT2D eigenvalue weighted by Gasteiger charge is 2.32. The Morgan fingerprint density at radius 3 is 2.93 bits per heavy atom. The Morgan fingerprint density at radius 1 is 1.27 bits per heavy atom. The minimum absolute atomic E-state index is 0.0416. The molecule has 1 atom stereocenters. The summed E-state index contributed by atoms with van der Waals surface area (Å²) in [5, 5.41) is 0. The Balaban J connectivity index is 1.47. The molecule has 3 aromatic heterocycles. The van der Waals surface area contributed by atoms with E-state index in [4.69, 9.17) is 14.1 Å². The van der Waals surface area contributed by atoms with Crippen molar-refractivity contribution < 1.29 is 13.9 Å². The summed E-state index contributed by atoms with van der Waals surface area (Å²) in [7, 11) is 1.63. The molecule has 0 radical (unpaired) electrons. The average Bonchev–Trinajstić information content (AvgIpc) is 3.51. The van der Waals surface area contributed by atoms with E-state index in [2.05, 4.69) is 9.55 Å². The lowest BCUT2D eigenvalue weighted by Gasteiger charge is -2.19. The standard InChI is InChI=1S/C23H22N4O3/c1-15-12-18(29-2)5-6-19(15)23(28)26-10-7-17(13-26)27-21(16-8-11-30-14-16)25-20-4-3-9-24-22(20)27/h3-6,8-9,11-12,14,17H,7,10,13H2,1-2H3/t17-/m0/s1. The van der Waals surface area contributed by atoms with Gasteiger partial charge in [-0.3, -0.25) is 4.79 Å². The van der Waals surface area contributed by atoms with E-state index < -0.39 is 0 Å². The molecule has 7 nitrogen and oxygen atoms in total. The molecule has 0 unspecified atom stereocenters. The zero-order valence-corrected chi connectivity index (χ0v) is 16.9. The second kappa shape index (κ2) is 7.33. The lowest BCUT2D eigenvalue weighted by atomic mass is 10.1. The zero-order chi connectivity index (χ0) is 20.7. The average molecular weight is 402 g/mol. The van der Waals surface area contributed by atoms with Gasteiger partial charge >= 0.3 is 0 Å². The van der Waals surface area contributed by atoms with Gasteiger partial charge in [0.15, 0.2) is 5.65 Å². The van der Waals surface area contributed by atoms with Crippen LogP contribution in [0, 0.1) is 6.92 Å². The number of aryl methyl sites for hydroxylation is 1. The van der Waals surface area contributed by atoms with Crippen LogP contribution in [0.4, 0.5) is 0 Å². The summed E-state index contributed by atoms with van der Waals surface area (Å²) >= 11 is 0. The number of amides is 1. The van der Waals surface area contributed by atoms with Gasteiger partial charge in [-0.05, 0) is 55.3 Å². The third-order valence-corrected chi connectivity index (χ3v) is 5.71. The van der Waals surface area contributed by atoms with Crippen LogP contribution in [0.3, 0.4) is 0 Å². The number of carbonyl (C=O) groups excluding carboxylic acids is 1. The number of furan rings is 1. The van der Waals surface area contributed by atoms with Crippen LogP contribution < -0.4 is 4.74 Å². The van der Waals surface area contributed by atoms with Crippen molar-refractivity contribution in [3.05, 3.63) is 66.2 Å². The number of carbonyl (C=O) groups is 1. The van der Waals surface area contributed by atoms with E-state index in [-0.39, 0.29) is 11.9 Å². The Bertz CT molecular complexity index is 1210. The van der Waals surface area contributed by atoms with Gasteiger partial charge in [-0.25, -0.2) is 9.97 Å². The number of nitrogens with zero attached hydrogens (tertiary/aromatic N) is 4. The Kier molecular flexibility index (Phi) is 4.50. The summed E-state index contributed by atoms with van der Waals surface area (Å²) in [6, 6.07) is 11.4. The third kappa shape index (κ3) is 3.03. The van der Waals surface area contributed by atoms with Crippen molar-refractivity contribution in [2.45, 2.75) is 19.4 Å². The maximum absolute atomic E-state index is 13.2. The molecule has 0 bridgehead atoms. The fourth-order valence-electron chi connectivity index (χ4n) is 4.18. The molecule has 30 heavy (non-hydrogen) atoms. The summed E-state index contributed by atoms with van der Waals surface area (Å²) in [6.07, 6.45) is 5.95. The molecule has 4 aromatic rings. The molecule has 0 spiro atoms. The smallest absolute Gasteiger partial charge is 0.254 e. The first-order valence-electron chi connectivity index (χ1n) is 9.95. The van der Waals surface area contributed by atoms with Crippen LogP contribution in [0.1, 0.15) is 28.4 Å². The molecule has 152 valence electrons. The van der Waals surface area contributed by atoms with E-state index >= 15 is 0 Å². The Hall–Kier alpha value is -3.61. The van der Waals surface area contributed by atoms with E-state index in [0.29, 0.717) is 18.7 Å². The molecule has 7 heteroatoms. The number of ether oxygens (including phenoxy) is 1. The van der Waals surface area contributed by atoms with E-state index in [1.165, 1.54) is 0 Å². The van der Waals surface area contributed by atoms with Crippen molar-refractivity contribution in [1.29, 1.82) is 0 Å². The van der Waals surface area contributed by atoms with Crippen molar-refractivity contribution in [3.8, 4) is 17.1 Å². The van der Waals surface area contributed by atoms with Gasteiger partial charge in [0.25, 0.3) is 5.91 Å². The van der Waals surface area contributed by atoms with Gasteiger partial charge in [-0.1, -0.05) is 0 Å². The van der Waals surface area contributed by atoms with Crippen molar-refractivity contribution in [3.63, 3.8) is 0 Å². The first-order chi connectivity index (χ1) is 14.7. The van der Waals surface area contributed by atoms with Gasteiger partial charge in [0, 0.05) is 24.8 Å². The van der Waals surface area contributed by atoms with Gasteiger partial charge in [-0.15, -0.1) is 0 Å². The van der Waals surface area contributed by atoms with Crippen LogP contribution in [0.2, 0.25) is 0 Å². The molecule has 1 aliphatic heterocycles. The van der Waals surface area contributed by atoms with Crippen LogP contribution in [-0.2, 0) is 0 Å². The molecular formula is C23H22N4O3. The van der Waals surface area contributed by atoms with Gasteiger partial charge in [0.1, 0.15) is 23.4 Å². The molecule has 4 heterocycles. The summed E-state index contributed by atoms with van der Waals surface area (Å²) in [6.45, 7) is 3.23. The molecule has 5 rings (SSSR count). The summed E-state index contributed by atoms with van der Waals surface area (Å²) in [5.41, 5.74) is 4.19. The SMILES string of the molecule is COc1ccc(C(=O)N2CC[C@H](n3c(-c4ccoc4)nc4cccnc43)C2)c(C)c1. The molecule has 0 saturated carbocycles. The number of benzene rings is 1. The number of methoxy groups -OCH3 is 1. The molecule has 1 aromatic carbocycles. The van der Waals surface area contributed by atoms with Crippen molar-refractivity contribution >= 4 is 17.1 Å². The minimum Gasteiger partial charge on any atom is -0.497 e. The largest absolute Gasteiger partial charge is 0.497 e. The predicted molar refractivity (Wildman–Crippen MR) is 113 cm³/mol. The molecule has 1 aliphatic rings. The number of imidazole rings is 1. The molecule has 0 aliphatic carbocycles. The van der Waals surface area contributed by atoms with E-state index in [0.717, 1.165) is 40.3 Å². The normalized spacial score (nSPS) is 16.3. The maximum Gasteiger partial charge on any atom is 0.254 e. The van der Waals surface area contributed by atoms with Crippen molar-refractivity contribution in [2.24, 2.45) is 0 Å². The fourth-order valence-corrected chi connectivity index (χ4v) is 4.18.